The van der Waals surface area contributed by atoms with Crippen LogP contribution in [0.3, 0.4) is 0 Å². The van der Waals surface area contributed by atoms with Crippen molar-refractivity contribution in [3.05, 3.63) is 65.7 Å². The number of esters is 1. The molecule has 2 rings (SSSR count). The highest BCUT2D eigenvalue weighted by molar-refractivity contribution is 5.98. The van der Waals surface area contributed by atoms with E-state index in [2.05, 4.69) is 21.3 Å². The van der Waals surface area contributed by atoms with Crippen LogP contribution in [-0.2, 0) is 36.9 Å². The number of benzene rings is 2. The number of alkyl carbamates (subject to hydrolysis) is 1. The van der Waals surface area contributed by atoms with Gasteiger partial charge in [-0.3, -0.25) is 19.3 Å². The maximum absolute atomic E-state index is 13.4. The maximum Gasteiger partial charge on any atom is 0.408 e. The van der Waals surface area contributed by atoms with Crippen molar-refractivity contribution in [3.8, 4) is 0 Å². The van der Waals surface area contributed by atoms with Gasteiger partial charge in [0, 0.05) is 18.8 Å². The molecule has 0 bridgehead atoms. The Morgan fingerprint density at radius 3 is 2.04 bits per heavy atom. The molecule has 0 aromatic heterocycles. The minimum absolute atomic E-state index is 0.0461. The van der Waals surface area contributed by atoms with Gasteiger partial charge < -0.3 is 36.5 Å². The van der Waals surface area contributed by atoms with Crippen LogP contribution in [0.5, 0.6) is 0 Å². The summed E-state index contributed by atoms with van der Waals surface area (Å²) in [6, 6.07) is 13.9. The highest BCUT2D eigenvalue weighted by Gasteiger charge is 2.31. The lowest BCUT2D eigenvalue weighted by Gasteiger charge is -2.29. The van der Waals surface area contributed by atoms with E-state index in [1.54, 1.807) is 46.8 Å². The summed E-state index contributed by atoms with van der Waals surface area (Å²) >= 11 is 0. The van der Waals surface area contributed by atoms with Crippen LogP contribution in [0.15, 0.2) is 54.6 Å². The highest BCUT2D eigenvalue weighted by atomic mass is 16.6. The molecule has 3 atom stereocenters. The number of ether oxygens (including phenoxy) is 2. The maximum atomic E-state index is 13.4. The van der Waals surface area contributed by atoms with Gasteiger partial charge in [-0.1, -0.05) is 70.2 Å². The SMILES string of the molecule is CC(C)[C@H](NC(=O)OC(C)(C)C)C(=O)N[C@@H](CCCNC(N)=O)C(=O)Nc1ccc(CCN(C)[C@H](C(=O)OCc2ccccc2)C(C)C)cc1. The smallest absolute Gasteiger partial charge is 0.408 e. The van der Waals surface area contributed by atoms with Crippen LogP contribution in [0, 0.1) is 11.8 Å². The second kappa shape index (κ2) is 20.1. The van der Waals surface area contributed by atoms with Crippen molar-refractivity contribution < 1.29 is 33.4 Å². The van der Waals surface area contributed by atoms with Crippen LogP contribution in [0.4, 0.5) is 15.3 Å². The van der Waals surface area contributed by atoms with Gasteiger partial charge in [-0.05, 0) is 82.2 Å². The Bertz CT molecular complexity index is 1390. The topological polar surface area (TPSA) is 181 Å². The number of rotatable bonds is 18. The number of hydrogen-bond donors (Lipinski definition) is 5. The van der Waals surface area contributed by atoms with Gasteiger partial charge >= 0.3 is 18.1 Å². The van der Waals surface area contributed by atoms with Gasteiger partial charge in [0.25, 0.3) is 0 Å². The van der Waals surface area contributed by atoms with E-state index in [0.29, 0.717) is 25.1 Å². The fourth-order valence-electron chi connectivity index (χ4n) is 5.22. The van der Waals surface area contributed by atoms with Crippen LogP contribution in [-0.4, -0.2) is 78.7 Å². The number of primary amides is 1. The first-order valence-electron chi connectivity index (χ1n) is 17.1. The van der Waals surface area contributed by atoms with E-state index >= 15 is 0 Å². The zero-order valence-corrected chi connectivity index (χ0v) is 30.7. The second-order valence-corrected chi connectivity index (χ2v) is 14.1. The van der Waals surface area contributed by atoms with Crippen molar-refractivity contribution in [2.75, 3.05) is 25.5 Å². The molecule has 0 heterocycles. The van der Waals surface area contributed by atoms with Crippen LogP contribution < -0.4 is 27.0 Å². The van der Waals surface area contributed by atoms with Crippen LogP contribution in [0.25, 0.3) is 0 Å². The van der Waals surface area contributed by atoms with Gasteiger partial charge in [0.1, 0.15) is 30.3 Å². The second-order valence-electron chi connectivity index (χ2n) is 14.1. The fourth-order valence-corrected chi connectivity index (χ4v) is 5.22. The zero-order valence-electron chi connectivity index (χ0n) is 30.7. The van der Waals surface area contributed by atoms with Crippen LogP contribution in [0.1, 0.15) is 72.4 Å². The molecule has 5 amide bonds. The Kier molecular flexibility index (Phi) is 16.7. The van der Waals surface area contributed by atoms with Crippen LogP contribution in [0.2, 0.25) is 0 Å². The summed E-state index contributed by atoms with van der Waals surface area (Å²) in [4.78, 5) is 65.3. The first kappa shape index (κ1) is 41.5. The fraction of sp³-hybridized carbons (Fsp3) is 0.541. The summed E-state index contributed by atoms with van der Waals surface area (Å²) in [7, 11) is 1.91. The van der Waals surface area contributed by atoms with E-state index < -0.39 is 47.7 Å². The Labute approximate surface area is 296 Å². The third-order valence-corrected chi connectivity index (χ3v) is 7.77. The van der Waals surface area contributed by atoms with E-state index in [0.717, 1.165) is 11.1 Å². The zero-order chi connectivity index (χ0) is 37.4. The normalized spacial score (nSPS) is 13.3. The summed E-state index contributed by atoms with van der Waals surface area (Å²) in [5.41, 5.74) is 6.87. The van der Waals surface area contributed by atoms with E-state index in [4.69, 9.17) is 15.2 Å². The van der Waals surface area contributed by atoms with Gasteiger partial charge in [0.15, 0.2) is 0 Å². The molecule has 0 aliphatic carbocycles. The van der Waals surface area contributed by atoms with Crippen molar-refractivity contribution in [2.24, 2.45) is 17.6 Å². The summed E-state index contributed by atoms with van der Waals surface area (Å²) in [6.07, 6.45) is 0.473. The molecular formula is C37H56N6O7. The molecule has 0 aliphatic rings. The van der Waals surface area contributed by atoms with Crippen molar-refractivity contribution in [1.29, 1.82) is 0 Å². The summed E-state index contributed by atoms with van der Waals surface area (Å²) in [5, 5.41) is 10.7. The molecular weight excluding hydrogens is 640 g/mol. The summed E-state index contributed by atoms with van der Waals surface area (Å²) in [6.45, 7) is 13.7. The van der Waals surface area contributed by atoms with Gasteiger partial charge in [-0.15, -0.1) is 0 Å². The molecule has 2 aromatic rings. The number of hydrogen-bond acceptors (Lipinski definition) is 8. The minimum Gasteiger partial charge on any atom is -0.460 e. The van der Waals surface area contributed by atoms with Gasteiger partial charge in [0.2, 0.25) is 11.8 Å². The number of nitrogens with two attached hydrogens (primary N) is 1. The lowest BCUT2D eigenvalue weighted by atomic mass is 10.0. The molecule has 0 fully saturated rings. The highest BCUT2D eigenvalue weighted by Crippen LogP contribution is 2.16. The standard InChI is InChI=1S/C37H56N6O7/c1-24(2)30(42-36(48)50-37(5,6)7)33(45)41-29(15-12-21-39-35(38)47)32(44)40-28-18-16-26(17-19-28)20-22-43(8)31(25(3)4)34(46)49-23-27-13-10-9-11-14-27/h9-11,13-14,16-19,24-25,29-31H,12,15,20-23H2,1-8H3,(H,40,44)(H,41,45)(H,42,48)(H3,38,39,47)/t29-,30-,31-/m0/s1. The number of amides is 5. The van der Waals surface area contributed by atoms with E-state index in [9.17, 15) is 24.0 Å². The number of urea groups is 1. The minimum atomic E-state index is -0.971. The summed E-state index contributed by atoms with van der Waals surface area (Å²) < 4.78 is 10.9. The average Bonchev–Trinajstić information content (AvgIpc) is 3.03. The quantitative estimate of drug-likeness (QED) is 0.113. The van der Waals surface area contributed by atoms with Crippen molar-refractivity contribution in [2.45, 2.75) is 98.1 Å². The molecule has 13 nitrogen and oxygen atoms in total. The Balaban J connectivity index is 2.04. The first-order chi connectivity index (χ1) is 23.5. The molecule has 276 valence electrons. The molecule has 50 heavy (non-hydrogen) atoms. The van der Waals surface area contributed by atoms with E-state index in [1.807, 2.05) is 68.3 Å². The third-order valence-electron chi connectivity index (χ3n) is 7.77. The molecule has 0 radical (unpaired) electrons. The molecule has 0 unspecified atom stereocenters. The lowest BCUT2D eigenvalue weighted by Crippen LogP contribution is -2.55. The van der Waals surface area contributed by atoms with E-state index in [-0.39, 0.29) is 37.4 Å². The molecule has 0 spiro atoms. The van der Waals surface area contributed by atoms with E-state index in [1.165, 1.54) is 0 Å². The number of carbonyl (C=O) groups is 5. The van der Waals surface area contributed by atoms with Gasteiger partial charge in [-0.25, -0.2) is 9.59 Å². The van der Waals surface area contributed by atoms with Crippen molar-refractivity contribution >= 4 is 35.6 Å². The van der Waals surface area contributed by atoms with Crippen molar-refractivity contribution in [3.63, 3.8) is 0 Å². The monoisotopic (exact) mass is 696 g/mol. The number of nitrogens with one attached hydrogen (secondary N) is 4. The predicted octanol–water partition coefficient (Wildman–Crippen LogP) is 4.35. The summed E-state index contributed by atoms with van der Waals surface area (Å²) in [5.74, 6) is -1.53. The molecule has 0 saturated heterocycles. The Morgan fingerprint density at radius 1 is 0.840 bits per heavy atom. The lowest BCUT2D eigenvalue weighted by molar-refractivity contribution is -0.152. The van der Waals surface area contributed by atoms with Crippen LogP contribution >= 0.6 is 0 Å². The number of carbonyl (C=O) groups excluding carboxylic acids is 5. The van der Waals surface area contributed by atoms with Gasteiger partial charge in [0.05, 0.1) is 0 Å². The predicted molar refractivity (Wildman–Crippen MR) is 193 cm³/mol. The van der Waals surface area contributed by atoms with Crippen molar-refractivity contribution in [1.82, 2.24) is 20.9 Å². The molecule has 13 heteroatoms. The molecule has 0 saturated carbocycles. The third kappa shape index (κ3) is 15.3. The largest absolute Gasteiger partial charge is 0.460 e. The van der Waals surface area contributed by atoms with Gasteiger partial charge in [-0.2, -0.15) is 0 Å². The Morgan fingerprint density at radius 2 is 1.48 bits per heavy atom. The molecule has 0 aliphatic heterocycles. The Hall–Kier alpha value is -4.65. The first-order valence-corrected chi connectivity index (χ1v) is 17.1. The number of nitrogens with zero attached hydrogens (tertiary/aromatic N) is 1. The molecule has 6 N–H and O–H groups in total. The average molecular weight is 697 g/mol. The number of likely N-dealkylation sites (N-methyl/N-ethyl adjacent to an activating group) is 1. The molecule has 2 aromatic carbocycles. The number of anilines is 1.